The molecule has 0 atom stereocenters. The average molecular weight is 513 g/mol. The van der Waals surface area contributed by atoms with E-state index in [1.165, 1.54) is 0 Å². The van der Waals surface area contributed by atoms with Gasteiger partial charge in [0.1, 0.15) is 0 Å². The first kappa shape index (κ1) is 25.0. The maximum absolute atomic E-state index is 5.00. The minimum atomic E-state index is 0.937. The SMILES string of the molecule is c1ccc(N=C(c2ccccc2)c2ccc(-c3ccc(C(=Nc4ccccc4)c4ccccc4)cc3)cc2)cc1. The summed E-state index contributed by atoms with van der Waals surface area (Å²) in [6, 6.07) is 58.2. The Morgan fingerprint density at radius 3 is 0.875 bits per heavy atom. The zero-order valence-electron chi connectivity index (χ0n) is 22.1. The Hall–Kier alpha value is -5.34. The topological polar surface area (TPSA) is 24.7 Å². The summed E-state index contributed by atoms with van der Waals surface area (Å²) in [5.74, 6) is 0. The second-order valence-electron chi connectivity index (χ2n) is 9.48. The van der Waals surface area contributed by atoms with Gasteiger partial charge in [-0.1, -0.05) is 146 Å². The van der Waals surface area contributed by atoms with Crippen molar-refractivity contribution in [3.05, 3.63) is 192 Å². The van der Waals surface area contributed by atoms with E-state index < -0.39 is 0 Å². The van der Waals surface area contributed by atoms with Crippen LogP contribution in [0.2, 0.25) is 0 Å². The van der Waals surface area contributed by atoms with E-state index in [2.05, 4.69) is 97.1 Å². The van der Waals surface area contributed by atoms with Gasteiger partial charge < -0.3 is 0 Å². The molecule has 0 aliphatic rings. The normalized spacial score (nSPS) is 11.8. The molecule has 0 aliphatic heterocycles. The van der Waals surface area contributed by atoms with Crippen LogP contribution >= 0.6 is 0 Å². The van der Waals surface area contributed by atoms with Gasteiger partial charge in [-0.05, 0) is 35.4 Å². The van der Waals surface area contributed by atoms with E-state index in [0.29, 0.717) is 0 Å². The fraction of sp³-hybridized carbons (Fsp3) is 0. The molecule has 0 aromatic heterocycles. The van der Waals surface area contributed by atoms with Crippen molar-refractivity contribution in [1.29, 1.82) is 0 Å². The largest absolute Gasteiger partial charge is 0.248 e. The molecule has 0 unspecified atom stereocenters. The summed E-state index contributed by atoms with van der Waals surface area (Å²) in [6.45, 7) is 0. The lowest BCUT2D eigenvalue weighted by Gasteiger charge is -2.11. The molecule has 0 aliphatic carbocycles. The van der Waals surface area contributed by atoms with Gasteiger partial charge in [-0.15, -0.1) is 0 Å². The van der Waals surface area contributed by atoms with E-state index in [1.807, 2.05) is 72.8 Å². The molecule has 0 bridgehead atoms. The molecule has 0 saturated carbocycles. The summed E-state index contributed by atoms with van der Waals surface area (Å²) < 4.78 is 0. The Kier molecular flexibility index (Phi) is 7.50. The van der Waals surface area contributed by atoms with Gasteiger partial charge in [0.25, 0.3) is 0 Å². The van der Waals surface area contributed by atoms with Gasteiger partial charge in [0.05, 0.1) is 22.8 Å². The summed E-state index contributed by atoms with van der Waals surface area (Å²) in [5, 5.41) is 0. The Morgan fingerprint density at radius 2 is 0.550 bits per heavy atom. The summed E-state index contributed by atoms with van der Waals surface area (Å²) in [4.78, 5) is 10.00. The number of para-hydroxylation sites is 2. The third-order valence-corrected chi connectivity index (χ3v) is 6.74. The molecular weight excluding hydrogens is 484 g/mol. The van der Waals surface area contributed by atoms with Crippen molar-refractivity contribution in [2.24, 2.45) is 9.98 Å². The quantitative estimate of drug-likeness (QED) is 0.190. The minimum absolute atomic E-state index is 0.937. The molecule has 0 fully saturated rings. The van der Waals surface area contributed by atoms with E-state index in [1.54, 1.807) is 0 Å². The van der Waals surface area contributed by atoms with Crippen LogP contribution in [0.15, 0.2) is 180 Å². The lowest BCUT2D eigenvalue weighted by molar-refractivity contribution is 1.47. The van der Waals surface area contributed by atoms with Crippen LogP contribution < -0.4 is 0 Å². The molecule has 0 radical (unpaired) electrons. The van der Waals surface area contributed by atoms with Gasteiger partial charge in [0, 0.05) is 22.3 Å². The molecule has 0 saturated heterocycles. The summed E-state index contributed by atoms with van der Waals surface area (Å²) in [7, 11) is 0. The molecule has 6 rings (SSSR count). The van der Waals surface area contributed by atoms with E-state index in [-0.39, 0.29) is 0 Å². The molecular formula is C38H28N2. The van der Waals surface area contributed by atoms with Crippen molar-refractivity contribution in [2.45, 2.75) is 0 Å². The molecule has 0 heterocycles. The van der Waals surface area contributed by atoms with Gasteiger partial charge in [-0.2, -0.15) is 0 Å². The summed E-state index contributed by atoms with van der Waals surface area (Å²) in [6.07, 6.45) is 0. The van der Waals surface area contributed by atoms with Crippen molar-refractivity contribution >= 4 is 22.8 Å². The standard InChI is InChI=1S/C38H28N2/c1-5-13-31(14-6-1)37(39-35-17-9-3-10-18-35)33-25-21-29(22-26-33)30-23-27-34(28-24-30)38(32-15-7-2-8-16-32)40-36-19-11-4-12-20-36/h1-28H. The molecule has 0 N–H and O–H groups in total. The third kappa shape index (κ3) is 5.87. The first-order valence-electron chi connectivity index (χ1n) is 13.4. The highest BCUT2D eigenvalue weighted by Crippen LogP contribution is 2.25. The number of aliphatic imine (C=N–C) groups is 2. The Bertz CT molecular complexity index is 1590. The van der Waals surface area contributed by atoms with Gasteiger partial charge in [-0.25, -0.2) is 9.98 Å². The number of rotatable bonds is 7. The van der Waals surface area contributed by atoms with Crippen LogP contribution in [0.3, 0.4) is 0 Å². The fourth-order valence-corrected chi connectivity index (χ4v) is 4.69. The lowest BCUT2D eigenvalue weighted by atomic mass is 9.96. The Labute approximate surface area is 235 Å². The highest BCUT2D eigenvalue weighted by Gasteiger charge is 2.10. The number of nitrogens with zero attached hydrogens (tertiary/aromatic N) is 2. The van der Waals surface area contributed by atoms with Crippen molar-refractivity contribution < 1.29 is 0 Å². The summed E-state index contributed by atoms with van der Waals surface area (Å²) in [5.41, 5.74) is 10.4. The zero-order chi connectivity index (χ0) is 27.0. The van der Waals surface area contributed by atoms with Gasteiger partial charge in [0.2, 0.25) is 0 Å². The number of hydrogen-bond acceptors (Lipinski definition) is 2. The smallest absolute Gasteiger partial charge is 0.0781 e. The van der Waals surface area contributed by atoms with Crippen LogP contribution in [0.1, 0.15) is 22.3 Å². The Balaban J connectivity index is 1.31. The molecule has 6 aromatic rings. The highest BCUT2D eigenvalue weighted by molar-refractivity contribution is 6.15. The lowest BCUT2D eigenvalue weighted by Crippen LogP contribution is -2.03. The first-order chi connectivity index (χ1) is 19.8. The summed E-state index contributed by atoms with van der Waals surface area (Å²) >= 11 is 0. The van der Waals surface area contributed by atoms with Crippen LogP contribution in [-0.4, -0.2) is 11.4 Å². The van der Waals surface area contributed by atoms with Crippen LogP contribution in [0.5, 0.6) is 0 Å². The Morgan fingerprint density at radius 1 is 0.275 bits per heavy atom. The van der Waals surface area contributed by atoms with E-state index in [9.17, 15) is 0 Å². The van der Waals surface area contributed by atoms with Crippen molar-refractivity contribution in [2.75, 3.05) is 0 Å². The van der Waals surface area contributed by atoms with E-state index in [4.69, 9.17) is 9.98 Å². The van der Waals surface area contributed by atoms with E-state index in [0.717, 1.165) is 56.2 Å². The van der Waals surface area contributed by atoms with Crippen LogP contribution in [-0.2, 0) is 0 Å². The van der Waals surface area contributed by atoms with Crippen LogP contribution in [0.25, 0.3) is 11.1 Å². The molecule has 6 aromatic carbocycles. The third-order valence-electron chi connectivity index (χ3n) is 6.74. The monoisotopic (exact) mass is 512 g/mol. The van der Waals surface area contributed by atoms with Crippen LogP contribution in [0.4, 0.5) is 11.4 Å². The number of hydrogen-bond donors (Lipinski definition) is 0. The second-order valence-corrected chi connectivity index (χ2v) is 9.48. The van der Waals surface area contributed by atoms with Crippen molar-refractivity contribution in [1.82, 2.24) is 0 Å². The fourth-order valence-electron chi connectivity index (χ4n) is 4.69. The molecule has 2 nitrogen and oxygen atoms in total. The second kappa shape index (κ2) is 12.0. The van der Waals surface area contributed by atoms with Gasteiger partial charge >= 0.3 is 0 Å². The first-order valence-corrected chi connectivity index (χ1v) is 13.4. The molecule has 0 spiro atoms. The average Bonchev–Trinajstić information content (AvgIpc) is 3.05. The minimum Gasteiger partial charge on any atom is -0.248 e. The molecule has 40 heavy (non-hydrogen) atoms. The molecule has 190 valence electrons. The maximum Gasteiger partial charge on any atom is 0.0781 e. The maximum atomic E-state index is 5.00. The zero-order valence-corrected chi connectivity index (χ0v) is 22.1. The van der Waals surface area contributed by atoms with E-state index >= 15 is 0 Å². The predicted molar refractivity (Wildman–Crippen MR) is 168 cm³/mol. The highest BCUT2D eigenvalue weighted by atomic mass is 14.8. The van der Waals surface area contributed by atoms with Gasteiger partial charge in [0.15, 0.2) is 0 Å². The van der Waals surface area contributed by atoms with Gasteiger partial charge in [-0.3, -0.25) is 0 Å². The predicted octanol–water partition coefficient (Wildman–Crippen LogP) is 9.69. The molecule has 0 amide bonds. The molecule has 2 heteroatoms. The van der Waals surface area contributed by atoms with Crippen molar-refractivity contribution in [3.63, 3.8) is 0 Å². The van der Waals surface area contributed by atoms with Crippen LogP contribution in [0, 0.1) is 0 Å². The number of benzene rings is 6. The van der Waals surface area contributed by atoms with Crippen molar-refractivity contribution in [3.8, 4) is 11.1 Å².